The summed E-state index contributed by atoms with van der Waals surface area (Å²) in [6, 6.07) is 0. The highest BCUT2D eigenvalue weighted by molar-refractivity contribution is 7.86. The van der Waals surface area contributed by atoms with Gasteiger partial charge in [0.2, 0.25) is 5.44 Å². The maximum Gasteiger partial charge on any atom is 0.334 e. The highest BCUT2D eigenvalue weighted by Crippen LogP contribution is 2.08. The van der Waals surface area contributed by atoms with Crippen LogP contribution in [0, 0.1) is 0 Å². The Morgan fingerprint density at radius 2 is 1.83 bits per heavy atom. The molecule has 0 saturated heterocycles. The standard InChI is InChI=1S/C7H12O5S.C3H4O2/c1-4-6(13(9,10)11)12-7(8)5(2)3;1-2-3(4)5/h6H,2,4H2,1,3H3,(H,9,10,11);2H,1H2,(H,4,5). The summed E-state index contributed by atoms with van der Waals surface area (Å²) in [6.45, 7) is 9.10. The van der Waals surface area contributed by atoms with Crippen LogP contribution in [0.2, 0.25) is 0 Å². The summed E-state index contributed by atoms with van der Waals surface area (Å²) in [5.41, 5.74) is -1.42. The number of hydrogen-bond acceptors (Lipinski definition) is 5. The van der Waals surface area contributed by atoms with E-state index in [2.05, 4.69) is 17.9 Å². The minimum atomic E-state index is -4.33. The number of hydrogen-bond donors (Lipinski definition) is 2. The molecule has 1 unspecified atom stereocenters. The van der Waals surface area contributed by atoms with Gasteiger partial charge in [-0.2, -0.15) is 8.42 Å². The molecule has 0 fully saturated rings. The average Bonchev–Trinajstić information content (AvgIpc) is 2.24. The van der Waals surface area contributed by atoms with Crippen molar-refractivity contribution in [2.75, 3.05) is 0 Å². The largest absolute Gasteiger partial charge is 0.478 e. The maximum atomic E-state index is 10.9. The quantitative estimate of drug-likeness (QED) is 0.438. The Kier molecular flexibility index (Phi) is 8.75. The Hall–Kier alpha value is -1.67. The molecule has 0 aromatic rings. The van der Waals surface area contributed by atoms with Crippen molar-refractivity contribution in [1.29, 1.82) is 0 Å². The first-order valence-electron chi connectivity index (χ1n) is 4.74. The third-order valence-corrected chi connectivity index (χ3v) is 2.52. The molecule has 104 valence electrons. The number of carboxylic acid groups (broad SMARTS) is 1. The number of ether oxygens (including phenoxy) is 1. The van der Waals surface area contributed by atoms with Gasteiger partial charge in [-0.25, -0.2) is 9.59 Å². The van der Waals surface area contributed by atoms with Crippen LogP contribution >= 0.6 is 0 Å². The van der Waals surface area contributed by atoms with Gasteiger partial charge in [0.05, 0.1) is 0 Å². The Morgan fingerprint density at radius 3 is 2.00 bits per heavy atom. The summed E-state index contributed by atoms with van der Waals surface area (Å²) in [7, 11) is -4.33. The minimum absolute atomic E-state index is 0.00213. The van der Waals surface area contributed by atoms with Gasteiger partial charge in [-0.1, -0.05) is 20.1 Å². The molecule has 0 aliphatic carbocycles. The predicted octanol–water partition coefficient (Wildman–Crippen LogP) is 0.987. The Bertz CT molecular complexity index is 422. The van der Waals surface area contributed by atoms with E-state index in [4.69, 9.17) is 9.66 Å². The summed E-state index contributed by atoms with van der Waals surface area (Å²) in [6.07, 6.45) is 0.831. The lowest BCUT2D eigenvalue weighted by Crippen LogP contribution is -2.26. The molecule has 1 atom stereocenters. The molecular formula is C10H16O7S. The molecule has 0 aromatic heterocycles. The first-order valence-corrected chi connectivity index (χ1v) is 6.24. The van der Waals surface area contributed by atoms with Crippen LogP contribution in [0.3, 0.4) is 0 Å². The summed E-state index contributed by atoms with van der Waals surface area (Å²) < 4.78 is 34.2. The number of carbonyl (C=O) groups excluding carboxylic acids is 1. The van der Waals surface area contributed by atoms with Gasteiger partial charge >= 0.3 is 22.1 Å². The molecule has 8 heteroatoms. The van der Waals surface area contributed by atoms with E-state index in [0.29, 0.717) is 0 Å². The molecule has 18 heavy (non-hydrogen) atoms. The van der Waals surface area contributed by atoms with Crippen molar-refractivity contribution in [3.63, 3.8) is 0 Å². The zero-order chi connectivity index (χ0) is 14.9. The first-order chi connectivity index (χ1) is 8.06. The lowest BCUT2D eigenvalue weighted by Gasteiger charge is -2.12. The van der Waals surface area contributed by atoms with Crippen molar-refractivity contribution in [2.24, 2.45) is 0 Å². The summed E-state index contributed by atoms with van der Waals surface area (Å²) >= 11 is 0. The van der Waals surface area contributed by atoms with Crippen molar-refractivity contribution < 1.29 is 32.4 Å². The Balaban J connectivity index is 0. The average molecular weight is 280 g/mol. The van der Waals surface area contributed by atoms with E-state index in [1.54, 1.807) is 0 Å². The van der Waals surface area contributed by atoms with Crippen molar-refractivity contribution in [3.05, 3.63) is 24.8 Å². The van der Waals surface area contributed by atoms with Gasteiger partial charge in [0, 0.05) is 11.6 Å². The number of rotatable bonds is 5. The van der Waals surface area contributed by atoms with Gasteiger partial charge in [0.15, 0.2) is 0 Å². The molecule has 0 rings (SSSR count). The van der Waals surface area contributed by atoms with Gasteiger partial charge < -0.3 is 9.84 Å². The van der Waals surface area contributed by atoms with Gasteiger partial charge in [-0.15, -0.1) is 0 Å². The van der Waals surface area contributed by atoms with Gasteiger partial charge in [0.25, 0.3) is 0 Å². The van der Waals surface area contributed by atoms with Crippen molar-refractivity contribution in [2.45, 2.75) is 25.7 Å². The third kappa shape index (κ3) is 9.55. The normalized spacial score (nSPS) is 11.5. The van der Waals surface area contributed by atoms with E-state index in [-0.39, 0.29) is 12.0 Å². The van der Waals surface area contributed by atoms with Crippen LogP contribution in [-0.4, -0.2) is 35.5 Å². The molecule has 0 aromatic carbocycles. The molecule has 0 amide bonds. The predicted molar refractivity (Wildman–Crippen MR) is 64.4 cm³/mol. The van der Waals surface area contributed by atoms with Crippen LogP contribution in [0.5, 0.6) is 0 Å². The smallest absolute Gasteiger partial charge is 0.334 e. The molecule has 2 N–H and O–H groups in total. The topological polar surface area (TPSA) is 118 Å². The highest BCUT2D eigenvalue weighted by atomic mass is 32.2. The monoisotopic (exact) mass is 280 g/mol. The van der Waals surface area contributed by atoms with Crippen LogP contribution in [0.25, 0.3) is 0 Å². The van der Waals surface area contributed by atoms with Crippen LogP contribution in [0.15, 0.2) is 24.8 Å². The summed E-state index contributed by atoms with van der Waals surface area (Å²) in [5, 5.41) is 7.60. The van der Waals surface area contributed by atoms with E-state index >= 15 is 0 Å². The van der Waals surface area contributed by atoms with E-state index in [0.717, 1.165) is 6.08 Å². The van der Waals surface area contributed by atoms with Crippen molar-refractivity contribution >= 4 is 22.1 Å². The van der Waals surface area contributed by atoms with Gasteiger partial charge in [0.1, 0.15) is 0 Å². The van der Waals surface area contributed by atoms with Crippen LogP contribution in [-0.2, 0) is 24.4 Å². The fraction of sp³-hybridized carbons (Fsp3) is 0.400. The molecule has 0 aliphatic heterocycles. The zero-order valence-corrected chi connectivity index (χ0v) is 10.9. The van der Waals surface area contributed by atoms with Crippen molar-refractivity contribution in [3.8, 4) is 0 Å². The number of carboxylic acids is 1. The second-order valence-electron chi connectivity index (χ2n) is 3.08. The van der Waals surface area contributed by atoms with Crippen LogP contribution < -0.4 is 0 Å². The number of esters is 1. The van der Waals surface area contributed by atoms with Gasteiger partial charge in [-0.05, 0) is 13.3 Å². The lowest BCUT2D eigenvalue weighted by molar-refractivity contribution is -0.141. The lowest BCUT2D eigenvalue weighted by atomic mass is 10.4. The molecule has 7 nitrogen and oxygen atoms in total. The fourth-order valence-electron chi connectivity index (χ4n) is 0.575. The maximum absolute atomic E-state index is 10.9. The van der Waals surface area contributed by atoms with E-state index in [9.17, 15) is 18.0 Å². The fourth-order valence-corrected chi connectivity index (χ4v) is 1.20. The molecule has 0 heterocycles. The second kappa shape index (κ2) is 8.43. The van der Waals surface area contributed by atoms with Crippen LogP contribution in [0.4, 0.5) is 0 Å². The summed E-state index contributed by atoms with van der Waals surface area (Å²) in [5.74, 6) is -1.81. The molecular weight excluding hydrogens is 264 g/mol. The van der Waals surface area contributed by atoms with E-state index in [1.165, 1.54) is 13.8 Å². The number of carbonyl (C=O) groups is 2. The summed E-state index contributed by atoms with van der Waals surface area (Å²) in [4.78, 5) is 20.1. The second-order valence-corrected chi connectivity index (χ2v) is 4.64. The Labute approximate surface area is 106 Å². The van der Waals surface area contributed by atoms with E-state index in [1.807, 2.05) is 0 Å². The molecule has 0 saturated carbocycles. The Morgan fingerprint density at radius 1 is 1.44 bits per heavy atom. The first kappa shape index (κ1) is 18.7. The SMILES string of the molecule is C=C(C)C(=O)OC(CC)S(=O)(=O)O.C=CC(=O)O. The van der Waals surface area contributed by atoms with E-state index < -0.39 is 27.5 Å². The van der Waals surface area contributed by atoms with Gasteiger partial charge in [-0.3, -0.25) is 4.55 Å². The highest BCUT2D eigenvalue weighted by Gasteiger charge is 2.25. The van der Waals surface area contributed by atoms with Crippen LogP contribution in [0.1, 0.15) is 20.3 Å². The van der Waals surface area contributed by atoms with Crippen molar-refractivity contribution in [1.82, 2.24) is 0 Å². The zero-order valence-electron chi connectivity index (χ0n) is 10.1. The molecule has 0 bridgehead atoms. The number of aliphatic carboxylic acids is 1. The molecule has 0 radical (unpaired) electrons. The minimum Gasteiger partial charge on any atom is -0.478 e. The molecule has 0 aliphatic rings. The third-order valence-electron chi connectivity index (χ3n) is 1.43. The molecule has 0 spiro atoms.